The summed E-state index contributed by atoms with van der Waals surface area (Å²) in [6, 6.07) is 12.8. The maximum absolute atomic E-state index is 13.1. The minimum Gasteiger partial charge on any atom is -0.463 e. The van der Waals surface area contributed by atoms with Gasteiger partial charge in [-0.15, -0.1) is 0 Å². The number of nitrogens with one attached hydrogen (secondary N) is 1. The quantitative estimate of drug-likeness (QED) is 0.422. The van der Waals surface area contributed by atoms with Crippen molar-refractivity contribution in [3.05, 3.63) is 70.8 Å². The molecule has 2 aromatic rings. The summed E-state index contributed by atoms with van der Waals surface area (Å²) < 4.78 is 11.0. The van der Waals surface area contributed by atoms with E-state index in [-0.39, 0.29) is 43.1 Å². The molecule has 0 aliphatic carbocycles. The fourth-order valence-electron chi connectivity index (χ4n) is 4.05. The molecule has 1 atom stereocenters. The van der Waals surface area contributed by atoms with E-state index in [1.54, 1.807) is 26.0 Å². The highest BCUT2D eigenvalue weighted by Crippen LogP contribution is 2.37. The minimum atomic E-state index is -0.423. The molecule has 176 valence electrons. The van der Waals surface area contributed by atoms with Crippen LogP contribution in [0.5, 0.6) is 0 Å². The number of unbranched alkanes of at least 4 members (excludes halogenated alkanes) is 2. The van der Waals surface area contributed by atoms with Gasteiger partial charge in [-0.1, -0.05) is 50.1 Å². The fourth-order valence-corrected chi connectivity index (χ4v) is 4.05. The van der Waals surface area contributed by atoms with Gasteiger partial charge in [0.2, 0.25) is 5.91 Å². The predicted molar refractivity (Wildman–Crippen MR) is 124 cm³/mol. The van der Waals surface area contributed by atoms with Crippen LogP contribution in [0.4, 0.5) is 0 Å². The molecule has 1 aromatic carbocycles. The molecule has 0 fully saturated rings. The standard InChI is InChI=1S/C26H32N2O5/c1-4-6-10-15-27-25(30)22-14-13-20(33-22)17-28-18(3)24(26(31)32-5-2)21(16-23(28)29)19-11-8-7-9-12-19/h7-9,11-14,21H,4-6,10,15-17H2,1-3H3,(H,27,30). The number of hydrogen-bond acceptors (Lipinski definition) is 5. The number of nitrogens with zero attached hydrogens (tertiary/aromatic N) is 1. The molecule has 1 aliphatic heterocycles. The van der Waals surface area contributed by atoms with Gasteiger partial charge in [-0.05, 0) is 38.0 Å². The molecule has 0 spiro atoms. The van der Waals surface area contributed by atoms with Gasteiger partial charge in [0, 0.05) is 24.6 Å². The number of ether oxygens (including phenoxy) is 1. The summed E-state index contributed by atoms with van der Waals surface area (Å²) in [5, 5.41) is 2.84. The van der Waals surface area contributed by atoms with Crippen molar-refractivity contribution in [2.75, 3.05) is 13.2 Å². The van der Waals surface area contributed by atoms with E-state index in [1.165, 1.54) is 4.90 Å². The first kappa shape index (κ1) is 24.3. The second-order valence-electron chi connectivity index (χ2n) is 8.10. The lowest BCUT2D eigenvalue weighted by atomic mass is 9.83. The lowest BCUT2D eigenvalue weighted by Gasteiger charge is -2.34. The van der Waals surface area contributed by atoms with Crippen LogP contribution in [0.25, 0.3) is 0 Å². The van der Waals surface area contributed by atoms with Crippen molar-refractivity contribution in [2.24, 2.45) is 0 Å². The smallest absolute Gasteiger partial charge is 0.336 e. The van der Waals surface area contributed by atoms with Crippen molar-refractivity contribution in [1.29, 1.82) is 0 Å². The van der Waals surface area contributed by atoms with Crippen LogP contribution >= 0.6 is 0 Å². The summed E-state index contributed by atoms with van der Waals surface area (Å²) >= 11 is 0. The minimum absolute atomic E-state index is 0.114. The van der Waals surface area contributed by atoms with E-state index in [9.17, 15) is 14.4 Å². The molecule has 3 rings (SSSR count). The molecular formula is C26H32N2O5. The van der Waals surface area contributed by atoms with Crippen LogP contribution in [-0.4, -0.2) is 35.8 Å². The van der Waals surface area contributed by atoms with Crippen LogP contribution in [-0.2, 0) is 20.9 Å². The highest BCUT2D eigenvalue weighted by atomic mass is 16.5. The zero-order valence-electron chi connectivity index (χ0n) is 19.6. The third kappa shape index (κ3) is 5.92. The van der Waals surface area contributed by atoms with Gasteiger partial charge in [-0.25, -0.2) is 4.79 Å². The molecule has 0 saturated heterocycles. The number of benzene rings is 1. The van der Waals surface area contributed by atoms with Gasteiger partial charge in [0.05, 0.1) is 18.7 Å². The van der Waals surface area contributed by atoms with Crippen LogP contribution < -0.4 is 5.32 Å². The Morgan fingerprint density at radius 1 is 1.12 bits per heavy atom. The molecule has 1 aliphatic rings. The van der Waals surface area contributed by atoms with E-state index in [0.29, 0.717) is 23.6 Å². The van der Waals surface area contributed by atoms with E-state index in [1.807, 2.05) is 30.3 Å². The molecule has 7 nitrogen and oxygen atoms in total. The normalized spacial score (nSPS) is 16.2. The zero-order valence-corrected chi connectivity index (χ0v) is 19.6. The average molecular weight is 453 g/mol. The highest BCUT2D eigenvalue weighted by Gasteiger charge is 2.37. The Labute approximate surface area is 194 Å². The molecule has 1 N–H and O–H groups in total. The molecule has 2 heterocycles. The molecule has 7 heteroatoms. The van der Waals surface area contributed by atoms with Crippen molar-refractivity contribution < 1.29 is 23.5 Å². The lowest BCUT2D eigenvalue weighted by molar-refractivity contribution is -0.140. The Balaban J connectivity index is 1.81. The maximum Gasteiger partial charge on any atom is 0.336 e. The molecule has 1 unspecified atom stereocenters. The lowest BCUT2D eigenvalue weighted by Crippen LogP contribution is -2.38. The number of carbonyl (C=O) groups is 3. The summed E-state index contributed by atoms with van der Waals surface area (Å²) in [5.41, 5.74) is 1.91. The number of carbonyl (C=O) groups excluding carboxylic acids is 3. The van der Waals surface area contributed by atoms with Gasteiger partial charge in [-0.2, -0.15) is 0 Å². The van der Waals surface area contributed by atoms with E-state index in [0.717, 1.165) is 24.8 Å². The number of esters is 1. The van der Waals surface area contributed by atoms with Crippen LogP contribution in [0.2, 0.25) is 0 Å². The maximum atomic E-state index is 13.1. The molecular weight excluding hydrogens is 420 g/mol. The largest absolute Gasteiger partial charge is 0.463 e. The van der Waals surface area contributed by atoms with Gasteiger partial charge < -0.3 is 19.4 Å². The predicted octanol–water partition coefficient (Wildman–Crippen LogP) is 4.55. The van der Waals surface area contributed by atoms with E-state index < -0.39 is 5.97 Å². The van der Waals surface area contributed by atoms with Gasteiger partial charge in [0.1, 0.15) is 5.76 Å². The second-order valence-corrected chi connectivity index (χ2v) is 8.10. The van der Waals surface area contributed by atoms with Crippen molar-refractivity contribution >= 4 is 17.8 Å². The van der Waals surface area contributed by atoms with E-state index in [2.05, 4.69) is 12.2 Å². The first-order chi connectivity index (χ1) is 16.0. The highest BCUT2D eigenvalue weighted by molar-refractivity contribution is 5.96. The molecule has 33 heavy (non-hydrogen) atoms. The summed E-state index contributed by atoms with van der Waals surface area (Å²) in [7, 11) is 0. The van der Waals surface area contributed by atoms with Gasteiger partial charge in [0.15, 0.2) is 5.76 Å². The van der Waals surface area contributed by atoms with Crippen LogP contribution in [0.3, 0.4) is 0 Å². The Morgan fingerprint density at radius 3 is 2.58 bits per heavy atom. The first-order valence-electron chi connectivity index (χ1n) is 11.6. The topological polar surface area (TPSA) is 88.9 Å². The molecule has 0 radical (unpaired) electrons. The Morgan fingerprint density at radius 2 is 1.88 bits per heavy atom. The van der Waals surface area contributed by atoms with Crippen LogP contribution in [0.15, 0.2) is 58.2 Å². The monoisotopic (exact) mass is 452 g/mol. The van der Waals surface area contributed by atoms with Gasteiger partial charge >= 0.3 is 5.97 Å². The zero-order chi connectivity index (χ0) is 23.8. The molecule has 2 amide bonds. The van der Waals surface area contributed by atoms with Crippen molar-refractivity contribution in [1.82, 2.24) is 10.2 Å². The van der Waals surface area contributed by atoms with Gasteiger partial charge in [-0.3, -0.25) is 9.59 Å². The third-order valence-electron chi connectivity index (χ3n) is 5.79. The van der Waals surface area contributed by atoms with Crippen molar-refractivity contribution in [3.63, 3.8) is 0 Å². The summed E-state index contributed by atoms with van der Waals surface area (Å²) in [6.45, 7) is 6.60. The molecule has 0 saturated carbocycles. The number of allylic oxidation sites excluding steroid dienone is 1. The summed E-state index contributed by atoms with van der Waals surface area (Å²) in [6.07, 6.45) is 3.21. The Kier molecular flexibility index (Phi) is 8.46. The number of furan rings is 1. The first-order valence-corrected chi connectivity index (χ1v) is 11.6. The number of amides is 2. The average Bonchev–Trinajstić information content (AvgIpc) is 3.28. The summed E-state index contributed by atoms with van der Waals surface area (Å²) in [4.78, 5) is 39.8. The molecule has 0 bridgehead atoms. The van der Waals surface area contributed by atoms with Crippen molar-refractivity contribution in [2.45, 2.75) is 58.9 Å². The van der Waals surface area contributed by atoms with Crippen LogP contribution in [0, 0.1) is 0 Å². The van der Waals surface area contributed by atoms with Crippen LogP contribution in [0.1, 0.15) is 74.3 Å². The van der Waals surface area contributed by atoms with Gasteiger partial charge in [0.25, 0.3) is 5.91 Å². The summed E-state index contributed by atoms with van der Waals surface area (Å²) in [5.74, 6) is -0.492. The SMILES string of the molecule is CCCCCNC(=O)c1ccc(CN2C(=O)CC(c3ccccc3)C(C(=O)OCC)=C2C)o1. The molecule has 1 aromatic heterocycles. The fraction of sp³-hybridized carbons (Fsp3) is 0.423. The Hall–Kier alpha value is -3.35. The van der Waals surface area contributed by atoms with Crippen molar-refractivity contribution in [3.8, 4) is 0 Å². The number of hydrogen-bond donors (Lipinski definition) is 1. The van der Waals surface area contributed by atoms with E-state index in [4.69, 9.17) is 9.15 Å². The Bertz CT molecular complexity index is 1010. The van der Waals surface area contributed by atoms with E-state index >= 15 is 0 Å². The second kappa shape index (κ2) is 11.5. The number of rotatable bonds is 10. The third-order valence-corrected chi connectivity index (χ3v) is 5.79.